The van der Waals surface area contributed by atoms with Crippen LogP contribution in [0.2, 0.25) is 5.02 Å². The number of benzene rings is 1. The minimum absolute atomic E-state index is 0.0217. The van der Waals surface area contributed by atoms with Crippen molar-refractivity contribution in [3.8, 4) is 5.75 Å². The SMILES string of the molecule is CC1C(NC(=O)COc2ccc(Cl)cc2C2CCCCC2)NNC1c1ccncc1. The largest absolute Gasteiger partial charge is 0.483 e. The third-order valence-electron chi connectivity index (χ3n) is 6.20. The van der Waals surface area contributed by atoms with Crippen molar-refractivity contribution in [1.82, 2.24) is 21.2 Å². The zero-order valence-electron chi connectivity index (χ0n) is 17.2. The topological polar surface area (TPSA) is 75.3 Å². The summed E-state index contributed by atoms with van der Waals surface area (Å²) in [4.78, 5) is 16.6. The summed E-state index contributed by atoms with van der Waals surface area (Å²) in [5.74, 6) is 1.24. The zero-order valence-corrected chi connectivity index (χ0v) is 18.0. The molecule has 2 aromatic rings. The Morgan fingerprint density at radius 3 is 2.70 bits per heavy atom. The average molecular weight is 429 g/mol. The molecule has 3 unspecified atom stereocenters. The molecule has 1 saturated heterocycles. The summed E-state index contributed by atoms with van der Waals surface area (Å²) in [7, 11) is 0. The highest BCUT2D eigenvalue weighted by atomic mass is 35.5. The maximum absolute atomic E-state index is 12.6. The lowest BCUT2D eigenvalue weighted by Crippen LogP contribution is -2.47. The first kappa shape index (κ1) is 21.1. The Balaban J connectivity index is 1.34. The van der Waals surface area contributed by atoms with E-state index in [9.17, 15) is 4.79 Å². The lowest BCUT2D eigenvalue weighted by atomic mass is 9.84. The van der Waals surface area contributed by atoms with Crippen molar-refractivity contribution in [1.29, 1.82) is 0 Å². The highest BCUT2D eigenvalue weighted by Crippen LogP contribution is 2.38. The second-order valence-corrected chi connectivity index (χ2v) is 8.69. The monoisotopic (exact) mass is 428 g/mol. The van der Waals surface area contributed by atoms with Crippen LogP contribution in [0.3, 0.4) is 0 Å². The number of hydrogen-bond acceptors (Lipinski definition) is 5. The van der Waals surface area contributed by atoms with Crippen LogP contribution in [-0.2, 0) is 4.79 Å². The number of amides is 1. The van der Waals surface area contributed by atoms with Gasteiger partial charge in [0.1, 0.15) is 5.75 Å². The molecule has 2 fully saturated rings. The van der Waals surface area contributed by atoms with E-state index in [1.165, 1.54) is 19.3 Å². The number of carbonyl (C=O) groups excluding carboxylic acids is 1. The van der Waals surface area contributed by atoms with Gasteiger partial charge in [-0.25, -0.2) is 10.9 Å². The lowest BCUT2D eigenvalue weighted by molar-refractivity contribution is -0.124. The first-order valence-corrected chi connectivity index (χ1v) is 11.1. The van der Waals surface area contributed by atoms with Crippen molar-refractivity contribution in [3.05, 3.63) is 58.9 Å². The first-order valence-electron chi connectivity index (χ1n) is 10.7. The number of pyridine rings is 1. The van der Waals surface area contributed by atoms with Gasteiger partial charge in [0.05, 0.1) is 12.2 Å². The Bertz CT molecular complexity index is 858. The van der Waals surface area contributed by atoms with Gasteiger partial charge in [0.15, 0.2) is 6.61 Å². The third kappa shape index (κ3) is 4.94. The number of rotatable bonds is 6. The van der Waals surface area contributed by atoms with Crippen LogP contribution in [-0.4, -0.2) is 23.7 Å². The molecule has 6 nitrogen and oxygen atoms in total. The molecule has 1 aromatic carbocycles. The normalized spacial score (nSPS) is 24.5. The predicted molar refractivity (Wildman–Crippen MR) is 117 cm³/mol. The molecule has 0 spiro atoms. The van der Waals surface area contributed by atoms with Crippen LogP contribution in [0.1, 0.15) is 62.1 Å². The predicted octanol–water partition coefficient (Wildman–Crippen LogP) is 4.09. The Labute approximate surface area is 182 Å². The number of hydrazine groups is 1. The number of ether oxygens (including phenoxy) is 1. The van der Waals surface area contributed by atoms with Crippen molar-refractivity contribution in [2.75, 3.05) is 6.61 Å². The molecule has 1 aromatic heterocycles. The number of nitrogens with one attached hydrogen (secondary N) is 3. The molecule has 2 heterocycles. The first-order chi connectivity index (χ1) is 14.6. The second kappa shape index (κ2) is 9.77. The molecule has 7 heteroatoms. The molecule has 160 valence electrons. The van der Waals surface area contributed by atoms with Gasteiger partial charge in [-0.05, 0) is 60.2 Å². The number of halogens is 1. The van der Waals surface area contributed by atoms with Gasteiger partial charge in [0.25, 0.3) is 5.91 Å². The minimum atomic E-state index is -0.178. The number of aromatic nitrogens is 1. The number of nitrogens with zero attached hydrogens (tertiary/aromatic N) is 1. The van der Waals surface area contributed by atoms with E-state index in [1.54, 1.807) is 12.4 Å². The highest BCUT2D eigenvalue weighted by molar-refractivity contribution is 6.30. The van der Waals surface area contributed by atoms with Crippen LogP contribution < -0.4 is 20.9 Å². The van der Waals surface area contributed by atoms with Gasteiger partial charge in [-0.15, -0.1) is 0 Å². The Morgan fingerprint density at radius 2 is 1.93 bits per heavy atom. The highest BCUT2D eigenvalue weighted by Gasteiger charge is 2.34. The molecule has 1 saturated carbocycles. The van der Waals surface area contributed by atoms with Crippen LogP contribution in [0.5, 0.6) is 5.75 Å². The Kier molecular flexibility index (Phi) is 6.87. The quantitative estimate of drug-likeness (QED) is 0.646. The van der Waals surface area contributed by atoms with E-state index < -0.39 is 0 Å². The van der Waals surface area contributed by atoms with Crippen LogP contribution in [0, 0.1) is 5.92 Å². The summed E-state index contributed by atoms with van der Waals surface area (Å²) >= 11 is 6.24. The second-order valence-electron chi connectivity index (χ2n) is 8.26. The maximum atomic E-state index is 12.6. The van der Waals surface area contributed by atoms with Gasteiger partial charge in [0.2, 0.25) is 0 Å². The fraction of sp³-hybridized carbons (Fsp3) is 0.478. The van der Waals surface area contributed by atoms with Gasteiger partial charge in [0, 0.05) is 23.3 Å². The Morgan fingerprint density at radius 1 is 1.17 bits per heavy atom. The molecular weight excluding hydrogens is 400 g/mol. The van der Waals surface area contributed by atoms with Gasteiger partial charge in [-0.3, -0.25) is 9.78 Å². The van der Waals surface area contributed by atoms with Gasteiger partial charge < -0.3 is 10.1 Å². The minimum Gasteiger partial charge on any atom is -0.483 e. The van der Waals surface area contributed by atoms with Crippen molar-refractivity contribution in [2.45, 2.75) is 57.2 Å². The van der Waals surface area contributed by atoms with Crippen molar-refractivity contribution in [3.63, 3.8) is 0 Å². The standard InChI is InChI=1S/C23H29ClN4O2/c1-15-22(17-9-11-25-12-10-17)27-28-23(15)26-21(29)14-30-20-8-7-18(24)13-19(20)16-5-3-2-4-6-16/h7-13,15-16,22-23,27-28H,2-6,14H2,1H3,(H,26,29). The molecule has 2 aliphatic rings. The molecule has 0 bridgehead atoms. The van der Waals surface area contributed by atoms with Crippen molar-refractivity contribution < 1.29 is 9.53 Å². The molecule has 3 atom stereocenters. The molecule has 1 amide bonds. The van der Waals surface area contributed by atoms with E-state index in [2.05, 4.69) is 28.1 Å². The van der Waals surface area contributed by atoms with Gasteiger partial charge in [-0.1, -0.05) is 37.8 Å². The molecule has 3 N–H and O–H groups in total. The summed E-state index contributed by atoms with van der Waals surface area (Å²) in [5, 5.41) is 3.74. The Hall–Kier alpha value is -2.15. The number of carbonyl (C=O) groups is 1. The summed E-state index contributed by atoms with van der Waals surface area (Å²) in [5.41, 5.74) is 8.70. The zero-order chi connectivity index (χ0) is 20.9. The smallest absolute Gasteiger partial charge is 0.259 e. The fourth-order valence-corrected chi connectivity index (χ4v) is 4.68. The molecule has 1 aliphatic heterocycles. The fourth-order valence-electron chi connectivity index (χ4n) is 4.50. The molecule has 1 aliphatic carbocycles. The maximum Gasteiger partial charge on any atom is 0.259 e. The van der Waals surface area contributed by atoms with Crippen molar-refractivity contribution >= 4 is 17.5 Å². The molecular formula is C23H29ClN4O2. The molecule has 4 rings (SSSR count). The van der Waals surface area contributed by atoms with E-state index in [0.717, 1.165) is 29.7 Å². The summed E-state index contributed by atoms with van der Waals surface area (Å²) in [6.45, 7) is 2.08. The summed E-state index contributed by atoms with van der Waals surface area (Å²) in [6, 6.07) is 9.78. The summed E-state index contributed by atoms with van der Waals surface area (Å²) in [6.07, 6.45) is 9.42. The average Bonchev–Trinajstić information content (AvgIpc) is 3.14. The van der Waals surface area contributed by atoms with Crippen LogP contribution in [0.4, 0.5) is 0 Å². The van der Waals surface area contributed by atoms with E-state index >= 15 is 0 Å². The summed E-state index contributed by atoms with van der Waals surface area (Å²) < 4.78 is 5.94. The van der Waals surface area contributed by atoms with E-state index in [4.69, 9.17) is 16.3 Å². The van der Waals surface area contributed by atoms with Crippen LogP contribution in [0.25, 0.3) is 0 Å². The lowest BCUT2D eigenvalue weighted by Gasteiger charge is -2.24. The van der Waals surface area contributed by atoms with Gasteiger partial charge in [-0.2, -0.15) is 0 Å². The third-order valence-corrected chi connectivity index (χ3v) is 6.44. The van der Waals surface area contributed by atoms with E-state index in [1.807, 2.05) is 30.3 Å². The van der Waals surface area contributed by atoms with E-state index in [0.29, 0.717) is 10.9 Å². The number of hydrogen-bond donors (Lipinski definition) is 3. The van der Waals surface area contributed by atoms with E-state index in [-0.39, 0.29) is 30.6 Å². The van der Waals surface area contributed by atoms with Crippen molar-refractivity contribution in [2.24, 2.45) is 5.92 Å². The molecule has 30 heavy (non-hydrogen) atoms. The molecule has 0 radical (unpaired) electrons. The van der Waals surface area contributed by atoms with Gasteiger partial charge >= 0.3 is 0 Å². The van der Waals surface area contributed by atoms with Crippen LogP contribution in [0.15, 0.2) is 42.7 Å². The van der Waals surface area contributed by atoms with Crippen LogP contribution >= 0.6 is 11.6 Å².